The highest BCUT2D eigenvalue weighted by Crippen LogP contribution is 2.03. The lowest BCUT2D eigenvalue weighted by atomic mass is 10.2. The zero-order valence-electron chi connectivity index (χ0n) is 12.5. The van der Waals surface area contributed by atoms with Gasteiger partial charge in [-0.3, -0.25) is 14.5 Å². The number of aromatic nitrogens is 3. The number of hydrogen-bond acceptors (Lipinski definition) is 4. The van der Waals surface area contributed by atoms with E-state index in [0.29, 0.717) is 12.1 Å². The summed E-state index contributed by atoms with van der Waals surface area (Å²) in [7, 11) is 1.81. The van der Waals surface area contributed by atoms with Gasteiger partial charge < -0.3 is 10.6 Å². The third-order valence-corrected chi connectivity index (χ3v) is 3.13. The molecule has 0 aliphatic rings. The van der Waals surface area contributed by atoms with E-state index in [-0.39, 0.29) is 5.91 Å². The van der Waals surface area contributed by atoms with Crippen LogP contribution < -0.4 is 10.6 Å². The number of carbonyl (C=O) groups is 1. The summed E-state index contributed by atoms with van der Waals surface area (Å²) in [5.41, 5.74) is 2.55. The summed E-state index contributed by atoms with van der Waals surface area (Å²) < 4.78 is 1.65. The number of aryl methyl sites for hydroxylation is 2. The van der Waals surface area contributed by atoms with Gasteiger partial charge in [0.15, 0.2) is 0 Å². The van der Waals surface area contributed by atoms with E-state index in [4.69, 9.17) is 0 Å². The Kier molecular flexibility index (Phi) is 5.45. The number of nitrogens with one attached hydrogen (secondary N) is 2. The van der Waals surface area contributed by atoms with E-state index < -0.39 is 0 Å². The van der Waals surface area contributed by atoms with Gasteiger partial charge >= 0.3 is 0 Å². The topological polar surface area (TPSA) is 71.8 Å². The first-order chi connectivity index (χ1) is 10.2. The molecule has 0 aliphatic heterocycles. The monoisotopic (exact) mass is 287 g/mol. The van der Waals surface area contributed by atoms with Crippen LogP contribution in [0.15, 0.2) is 30.7 Å². The molecular formula is C15H21N5O. The molecule has 0 fully saturated rings. The lowest BCUT2D eigenvalue weighted by Gasteiger charge is -2.06. The summed E-state index contributed by atoms with van der Waals surface area (Å²) in [5.74, 6) is -0.0622. The fourth-order valence-corrected chi connectivity index (χ4v) is 2.07. The summed E-state index contributed by atoms with van der Waals surface area (Å²) in [5, 5.41) is 10.4. The molecular weight excluding hydrogens is 266 g/mol. The van der Waals surface area contributed by atoms with Crippen LogP contribution in [-0.2, 0) is 13.6 Å². The molecule has 21 heavy (non-hydrogen) atoms. The number of rotatable bonds is 7. The average molecular weight is 287 g/mol. The minimum atomic E-state index is -0.0622. The van der Waals surface area contributed by atoms with Gasteiger partial charge in [-0.15, -0.1) is 0 Å². The second kappa shape index (κ2) is 7.54. The Labute approximate surface area is 124 Å². The minimum absolute atomic E-state index is 0.0622. The lowest BCUT2D eigenvalue weighted by Crippen LogP contribution is -2.27. The molecule has 2 N–H and O–H groups in total. The molecule has 6 heteroatoms. The Morgan fingerprint density at radius 1 is 1.38 bits per heavy atom. The molecule has 0 saturated heterocycles. The van der Waals surface area contributed by atoms with E-state index >= 15 is 0 Å². The highest BCUT2D eigenvalue weighted by Gasteiger charge is 2.11. The van der Waals surface area contributed by atoms with E-state index in [2.05, 4.69) is 20.7 Å². The maximum Gasteiger partial charge on any atom is 0.254 e. The molecule has 2 heterocycles. The quantitative estimate of drug-likeness (QED) is 0.746. The van der Waals surface area contributed by atoms with Gasteiger partial charge in [-0.2, -0.15) is 5.10 Å². The van der Waals surface area contributed by atoms with Gasteiger partial charge in [-0.05, 0) is 31.5 Å². The Hall–Kier alpha value is -2.21. The van der Waals surface area contributed by atoms with Crippen LogP contribution in [0.1, 0.15) is 28.0 Å². The summed E-state index contributed by atoms with van der Waals surface area (Å²) in [6.45, 7) is 4.13. The first-order valence-electron chi connectivity index (χ1n) is 7.05. The van der Waals surface area contributed by atoms with E-state index in [1.165, 1.54) is 0 Å². The van der Waals surface area contributed by atoms with E-state index in [9.17, 15) is 4.79 Å². The summed E-state index contributed by atoms with van der Waals surface area (Å²) >= 11 is 0. The smallest absolute Gasteiger partial charge is 0.254 e. The van der Waals surface area contributed by atoms with Gasteiger partial charge in [-0.25, -0.2) is 0 Å². The maximum absolute atomic E-state index is 11.9. The van der Waals surface area contributed by atoms with Crippen molar-refractivity contribution in [2.75, 3.05) is 13.1 Å². The maximum atomic E-state index is 11.9. The minimum Gasteiger partial charge on any atom is -0.352 e. The van der Waals surface area contributed by atoms with Crippen molar-refractivity contribution < 1.29 is 4.79 Å². The molecule has 0 aliphatic carbocycles. The molecule has 0 saturated carbocycles. The van der Waals surface area contributed by atoms with Gasteiger partial charge in [0, 0.05) is 38.7 Å². The van der Waals surface area contributed by atoms with Crippen molar-refractivity contribution in [3.05, 3.63) is 47.5 Å². The Morgan fingerprint density at radius 2 is 2.24 bits per heavy atom. The van der Waals surface area contributed by atoms with Crippen LogP contribution in [0.5, 0.6) is 0 Å². The van der Waals surface area contributed by atoms with Crippen molar-refractivity contribution >= 4 is 5.91 Å². The SMILES string of the molecule is Cc1nn(C)cc1C(=O)NCCCNCc1cccnc1. The van der Waals surface area contributed by atoms with Crippen LogP contribution in [0.4, 0.5) is 0 Å². The number of nitrogens with zero attached hydrogens (tertiary/aromatic N) is 3. The number of amides is 1. The van der Waals surface area contributed by atoms with Crippen LogP contribution in [0.3, 0.4) is 0 Å². The normalized spacial score (nSPS) is 10.6. The van der Waals surface area contributed by atoms with E-state index in [1.54, 1.807) is 17.1 Å². The van der Waals surface area contributed by atoms with Crippen molar-refractivity contribution in [3.8, 4) is 0 Å². The molecule has 6 nitrogen and oxygen atoms in total. The van der Waals surface area contributed by atoms with E-state index in [0.717, 1.165) is 30.8 Å². The number of pyridine rings is 1. The van der Waals surface area contributed by atoms with Crippen LogP contribution >= 0.6 is 0 Å². The number of carbonyl (C=O) groups excluding carboxylic acids is 1. The van der Waals surface area contributed by atoms with Crippen LogP contribution in [0.25, 0.3) is 0 Å². The van der Waals surface area contributed by atoms with Gasteiger partial charge in [0.25, 0.3) is 5.91 Å². The molecule has 112 valence electrons. The van der Waals surface area contributed by atoms with Crippen LogP contribution in [-0.4, -0.2) is 33.8 Å². The second-order valence-corrected chi connectivity index (χ2v) is 4.95. The standard InChI is InChI=1S/C15H21N5O/c1-12-14(11-20(2)19-12)15(21)18-8-4-7-17-10-13-5-3-6-16-9-13/h3,5-6,9,11,17H,4,7-8,10H2,1-2H3,(H,18,21). The predicted molar refractivity (Wildman–Crippen MR) is 80.8 cm³/mol. The van der Waals surface area contributed by atoms with Gasteiger partial charge in [0.1, 0.15) is 0 Å². The molecule has 0 spiro atoms. The Morgan fingerprint density at radius 3 is 2.90 bits per heavy atom. The molecule has 2 rings (SSSR count). The van der Waals surface area contributed by atoms with Gasteiger partial charge in [0.2, 0.25) is 0 Å². The molecule has 0 atom stereocenters. The first kappa shape index (κ1) is 15.2. The third kappa shape index (κ3) is 4.68. The Balaban J connectivity index is 1.62. The molecule has 0 radical (unpaired) electrons. The largest absolute Gasteiger partial charge is 0.352 e. The summed E-state index contributed by atoms with van der Waals surface area (Å²) in [6.07, 6.45) is 6.23. The van der Waals surface area contributed by atoms with Crippen LogP contribution in [0.2, 0.25) is 0 Å². The molecule has 0 bridgehead atoms. The molecule has 2 aromatic rings. The van der Waals surface area contributed by atoms with Crippen molar-refractivity contribution in [3.63, 3.8) is 0 Å². The highest BCUT2D eigenvalue weighted by molar-refractivity contribution is 5.94. The molecule has 0 unspecified atom stereocenters. The molecule has 1 amide bonds. The fraction of sp³-hybridized carbons (Fsp3) is 0.400. The van der Waals surface area contributed by atoms with Crippen molar-refractivity contribution in [1.82, 2.24) is 25.4 Å². The summed E-state index contributed by atoms with van der Waals surface area (Å²) in [6, 6.07) is 3.96. The fourth-order valence-electron chi connectivity index (χ4n) is 2.07. The summed E-state index contributed by atoms with van der Waals surface area (Å²) in [4.78, 5) is 16.0. The van der Waals surface area contributed by atoms with Crippen molar-refractivity contribution in [2.24, 2.45) is 7.05 Å². The van der Waals surface area contributed by atoms with Gasteiger partial charge in [-0.1, -0.05) is 6.07 Å². The zero-order valence-corrected chi connectivity index (χ0v) is 12.5. The third-order valence-electron chi connectivity index (χ3n) is 3.13. The molecule has 2 aromatic heterocycles. The highest BCUT2D eigenvalue weighted by atomic mass is 16.1. The number of hydrogen-bond donors (Lipinski definition) is 2. The van der Waals surface area contributed by atoms with Crippen molar-refractivity contribution in [2.45, 2.75) is 19.9 Å². The van der Waals surface area contributed by atoms with Crippen LogP contribution in [0, 0.1) is 6.92 Å². The van der Waals surface area contributed by atoms with Gasteiger partial charge in [0.05, 0.1) is 11.3 Å². The van der Waals surface area contributed by atoms with E-state index in [1.807, 2.05) is 32.3 Å². The zero-order chi connectivity index (χ0) is 15.1. The lowest BCUT2D eigenvalue weighted by molar-refractivity contribution is 0.0952. The molecule has 0 aromatic carbocycles. The van der Waals surface area contributed by atoms with Crippen molar-refractivity contribution in [1.29, 1.82) is 0 Å². The first-order valence-corrected chi connectivity index (χ1v) is 7.05. The predicted octanol–water partition coefficient (Wildman–Crippen LogP) is 1.03. The second-order valence-electron chi connectivity index (χ2n) is 4.95. The average Bonchev–Trinajstić information content (AvgIpc) is 2.82. The Bertz CT molecular complexity index is 579.